The van der Waals surface area contributed by atoms with E-state index < -0.39 is 0 Å². The molecule has 0 spiro atoms. The Morgan fingerprint density at radius 3 is 2.59 bits per heavy atom. The van der Waals surface area contributed by atoms with Crippen LogP contribution in [0.3, 0.4) is 0 Å². The second kappa shape index (κ2) is 8.84. The fourth-order valence-corrected chi connectivity index (χ4v) is 3.44. The van der Waals surface area contributed by atoms with Crippen LogP contribution in [0.2, 0.25) is 0 Å². The molecule has 2 N–H and O–H groups in total. The number of carbonyl (C=O) groups is 2. The zero-order valence-electron chi connectivity index (χ0n) is 16.0. The molecule has 1 aromatic heterocycles. The van der Waals surface area contributed by atoms with Gasteiger partial charge in [-0.2, -0.15) is 0 Å². The van der Waals surface area contributed by atoms with Crippen molar-refractivity contribution in [2.75, 3.05) is 6.54 Å². The van der Waals surface area contributed by atoms with Gasteiger partial charge in [0.05, 0.1) is 18.7 Å². The number of nitrogens with one attached hydrogen (secondary N) is 2. The number of benzene rings is 1. The first-order valence-corrected chi connectivity index (χ1v) is 9.61. The third-order valence-corrected chi connectivity index (χ3v) is 5.01. The summed E-state index contributed by atoms with van der Waals surface area (Å²) in [5, 5.41) is 5.67. The summed E-state index contributed by atoms with van der Waals surface area (Å²) >= 11 is 0. The van der Waals surface area contributed by atoms with Crippen LogP contribution in [0.15, 0.2) is 28.7 Å². The molecule has 0 radical (unpaired) electrons. The van der Waals surface area contributed by atoms with Crippen LogP contribution in [0, 0.1) is 13.8 Å². The Hall–Kier alpha value is -2.63. The predicted octanol–water partition coefficient (Wildman–Crippen LogP) is 3.07. The number of aromatic nitrogens is 1. The molecule has 6 nitrogen and oxygen atoms in total. The maximum atomic E-state index is 12.2. The zero-order valence-corrected chi connectivity index (χ0v) is 16.0. The molecule has 0 saturated heterocycles. The van der Waals surface area contributed by atoms with E-state index in [9.17, 15) is 9.59 Å². The van der Waals surface area contributed by atoms with Crippen molar-refractivity contribution in [2.45, 2.75) is 58.4 Å². The molecule has 1 aromatic carbocycles. The normalized spacial score (nSPS) is 14.7. The van der Waals surface area contributed by atoms with Crippen LogP contribution in [0.25, 0.3) is 11.5 Å². The van der Waals surface area contributed by atoms with Crippen molar-refractivity contribution < 1.29 is 14.0 Å². The van der Waals surface area contributed by atoms with Gasteiger partial charge in [0.2, 0.25) is 17.7 Å². The molecule has 1 aliphatic carbocycles. The molecule has 2 amide bonds. The molecule has 27 heavy (non-hydrogen) atoms. The van der Waals surface area contributed by atoms with Crippen LogP contribution in [-0.4, -0.2) is 29.4 Å². The number of nitrogens with zero attached hydrogens (tertiary/aromatic N) is 1. The molecule has 1 fully saturated rings. The van der Waals surface area contributed by atoms with Gasteiger partial charge >= 0.3 is 0 Å². The summed E-state index contributed by atoms with van der Waals surface area (Å²) in [6, 6.07) is 8.07. The van der Waals surface area contributed by atoms with Crippen molar-refractivity contribution in [3.63, 3.8) is 0 Å². The van der Waals surface area contributed by atoms with E-state index in [4.69, 9.17) is 4.42 Å². The summed E-state index contributed by atoms with van der Waals surface area (Å²) in [4.78, 5) is 28.7. The van der Waals surface area contributed by atoms with E-state index in [0.717, 1.165) is 36.8 Å². The number of amides is 2. The van der Waals surface area contributed by atoms with Gasteiger partial charge in [-0.05, 0) is 38.3 Å². The van der Waals surface area contributed by atoms with E-state index in [2.05, 4.69) is 15.6 Å². The Kier molecular flexibility index (Phi) is 6.27. The number of oxazole rings is 1. The maximum Gasteiger partial charge on any atom is 0.239 e. The molecular formula is C21H27N3O3. The fraction of sp³-hybridized carbons (Fsp3) is 0.476. The van der Waals surface area contributed by atoms with Gasteiger partial charge in [-0.15, -0.1) is 0 Å². The Balaban J connectivity index is 1.52. The largest absolute Gasteiger partial charge is 0.441 e. The molecule has 0 atom stereocenters. The van der Waals surface area contributed by atoms with Crippen molar-refractivity contribution >= 4 is 11.8 Å². The Morgan fingerprint density at radius 2 is 1.85 bits per heavy atom. The molecular weight excluding hydrogens is 342 g/mol. The molecule has 6 heteroatoms. The smallest absolute Gasteiger partial charge is 0.239 e. The maximum absolute atomic E-state index is 12.2. The first-order chi connectivity index (χ1) is 13.0. The molecule has 1 saturated carbocycles. The van der Waals surface area contributed by atoms with Gasteiger partial charge in [-0.3, -0.25) is 9.59 Å². The second-order valence-corrected chi connectivity index (χ2v) is 7.19. The average molecular weight is 369 g/mol. The lowest BCUT2D eigenvalue weighted by atomic mass is 9.95. The van der Waals surface area contributed by atoms with E-state index in [1.165, 1.54) is 6.42 Å². The van der Waals surface area contributed by atoms with Crippen molar-refractivity contribution in [3.8, 4) is 11.5 Å². The SMILES string of the molecule is Cc1ccccc1-c1nc(CC(=O)NCC(=O)NC2CCCCC2)c(C)o1. The lowest BCUT2D eigenvalue weighted by molar-refractivity contribution is -0.126. The Bertz CT molecular complexity index is 807. The summed E-state index contributed by atoms with van der Waals surface area (Å²) in [6.45, 7) is 3.79. The van der Waals surface area contributed by atoms with Gasteiger partial charge < -0.3 is 15.1 Å². The van der Waals surface area contributed by atoms with Gasteiger partial charge in [0.25, 0.3) is 0 Å². The standard InChI is InChI=1S/C21H27N3O3/c1-14-8-6-7-11-17(14)21-24-18(15(2)27-21)12-19(25)22-13-20(26)23-16-9-4-3-5-10-16/h6-8,11,16H,3-5,9-10,12-13H2,1-2H3,(H,22,25)(H,23,26). The minimum Gasteiger partial charge on any atom is -0.441 e. The van der Waals surface area contributed by atoms with Crippen molar-refractivity contribution in [1.82, 2.24) is 15.6 Å². The molecule has 1 heterocycles. The van der Waals surface area contributed by atoms with Gasteiger partial charge in [0.15, 0.2) is 0 Å². The van der Waals surface area contributed by atoms with Crippen LogP contribution >= 0.6 is 0 Å². The quantitative estimate of drug-likeness (QED) is 0.820. The average Bonchev–Trinajstić information content (AvgIpc) is 3.01. The number of carbonyl (C=O) groups excluding carboxylic acids is 2. The van der Waals surface area contributed by atoms with Crippen LogP contribution in [-0.2, 0) is 16.0 Å². The number of rotatable bonds is 6. The first-order valence-electron chi connectivity index (χ1n) is 9.61. The van der Waals surface area contributed by atoms with Crippen LogP contribution in [0.5, 0.6) is 0 Å². The van der Waals surface area contributed by atoms with Crippen molar-refractivity contribution in [1.29, 1.82) is 0 Å². The minimum absolute atomic E-state index is 0.00309. The molecule has 0 aliphatic heterocycles. The van der Waals surface area contributed by atoms with E-state index in [1.807, 2.05) is 31.2 Å². The highest BCUT2D eigenvalue weighted by Gasteiger charge is 2.18. The van der Waals surface area contributed by atoms with E-state index in [0.29, 0.717) is 17.3 Å². The van der Waals surface area contributed by atoms with Crippen molar-refractivity contribution in [3.05, 3.63) is 41.3 Å². The number of hydrogen-bond donors (Lipinski definition) is 2. The Labute approximate surface area is 159 Å². The molecule has 1 aliphatic rings. The van der Waals surface area contributed by atoms with Crippen LogP contribution in [0.4, 0.5) is 0 Å². The minimum atomic E-state index is -0.235. The summed E-state index contributed by atoms with van der Waals surface area (Å²) < 4.78 is 5.74. The zero-order chi connectivity index (χ0) is 19.2. The predicted molar refractivity (Wildman–Crippen MR) is 103 cm³/mol. The van der Waals surface area contributed by atoms with Crippen molar-refractivity contribution in [2.24, 2.45) is 0 Å². The highest BCUT2D eigenvalue weighted by Crippen LogP contribution is 2.24. The summed E-state index contributed by atoms with van der Waals surface area (Å²) in [6.07, 6.45) is 5.71. The van der Waals surface area contributed by atoms with Crippen LogP contribution in [0.1, 0.15) is 49.1 Å². The molecule has 0 unspecified atom stereocenters. The fourth-order valence-electron chi connectivity index (χ4n) is 3.44. The third kappa shape index (κ3) is 5.18. The van der Waals surface area contributed by atoms with Gasteiger partial charge in [0, 0.05) is 11.6 Å². The highest BCUT2D eigenvalue weighted by molar-refractivity contribution is 5.85. The lowest BCUT2D eigenvalue weighted by Gasteiger charge is -2.22. The molecule has 3 rings (SSSR count). The van der Waals surface area contributed by atoms with Gasteiger partial charge in [-0.1, -0.05) is 37.5 Å². The summed E-state index contributed by atoms with van der Waals surface area (Å²) in [7, 11) is 0. The first kappa shape index (κ1) is 19.1. The van der Waals surface area contributed by atoms with E-state index in [1.54, 1.807) is 6.92 Å². The number of aryl methyl sites for hydroxylation is 2. The Morgan fingerprint density at radius 1 is 1.11 bits per heavy atom. The molecule has 144 valence electrons. The van der Waals surface area contributed by atoms with Gasteiger partial charge in [0.1, 0.15) is 5.76 Å². The second-order valence-electron chi connectivity index (χ2n) is 7.19. The van der Waals surface area contributed by atoms with E-state index in [-0.39, 0.29) is 30.8 Å². The third-order valence-electron chi connectivity index (χ3n) is 5.01. The highest BCUT2D eigenvalue weighted by atomic mass is 16.4. The molecule has 0 bridgehead atoms. The van der Waals surface area contributed by atoms with E-state index >= 15 is 0 Å². The molecule has 2 aromatic rings. The summed E-state index contributed by atoms with van der Waals surface area (Å²) in [5.74, 6) is 0.771. The van der Waals surface area contributed by atoms with Gasteiger partial charge in [-0.25, -0.2) is 4.98 Å². The number of hydrogen-bond acceptors (Lipinski definition) is 4. The van der Waals surface area contributed by atoms with Crippen LogP contribution < -0.4 is 10.6 Å². The lowest BCUT2D eigenvalue weighted by Crippen LogP contribution is -2.43. The summed E-state index contributed by atoms with van der Waals surface area (Å²) in [5.41, 5.74) is 2.58. The monoisotopic (exact) mass is 369 g/mol. The topological polar surface area (TPSA) is 84.2 Å².